The number of amides is 1. The van der Waals surface area contributed by atoms with E-state index >= 15 is 0 Å². The van der Waals surface area contributed by atoms with Gasteiger partial charge in [0, 0.05) is 6.54 Å². The first-order valence-electron chi connectivity index (χ1n) is 6.45. The largest absolute Gasteiger partial charge is 0.462 e. The van der Waals surface area contributed by atoms with Crippen LogP contribution in [0.25, 0.3) is 0 Å². The zero-order valence-electron chi connectivity index (χ0n) is 11.8. The highest BCUT2D eigenvalue weighted by molar-refractivity contribution is 7.14. The molecule has 0 fully saturated rings. The maximum absolute atomic E-state index is 12.3. The molecule has 0 aliphatic carbocycles. The number of anilines is 2. The van der Waals surface area contributed by atoms with E-state index in [9.17, 15) is 9.59 Å². The van der Waals surface area contributed by atoms with Crippen molar-refractivity contribution in [2.45, 2.75) is 20.4 Å². The van der Waals surface area contributed by atoms with Crippen LogP contribution in [0.15, 0.2) is 17.6 Å². The van der Waals surface area contributed by atoms with E-state index < -0.39 is 11.9 Å². The maximum Gasteiger partial charge on any atom is 0.341 e. The first kappa shape index (κ1) is 15.0. The molecule has 7 nitrogen and oxygen atoms in total. The Morgan fingerprint density at radius 3 is 2.90 bits per heavy atom. The zero-order chi connectivity index (χ0) is 15.4. The van der Waals surface area contributed by atoms with Crippen LogP contribution in [0, 0.1) is 0 Å². The molecule has 8 heteroatoms. The van der Waals surface area contributed by atoms with E-state index in [-0.39, 0.29) is 12.3 Å². The Labute approximate surface area is 125 Å². The molecule has 0 aliphatic rings. The second kappa shape index (κ2) is 6.40. The van der Waals surface area contributed by atoms with Crippen LogP contribution >= 0.6 is 11.3 Å². The number of aromatic nitrogens is 2. The average Bonchev–Trinajstić information content (AvgIpc) is 3.05. The molecule has 0 saturated carbocycles. The summed E-state index contributed by atoms with van der Waals surface area (Å²) in [7, 11) is 0. The fourth-order valence-corrected chi connectivity index (χ4v) is 2.60. The number of nitrogens with two attached hydrogens (primary N) is 1. The van der Waals surface area contributed by atoms with E-state index in [1.54, 1.807) is 18.4 Å². The molecule has 0 radical (unpaired) electrons. The quantitative estimate of drug-likeness (QED) is 0.823. The molecule has 2 aromatic heterocycles. The number of nitrogen functional groups attached to an aromatic ring is 1. The third-order valence-corrected chi connectivity index (χ3v) is 3.60. The highest BCUT2D eigenvalue weighted by Gasteiger charge is 2.20. The maximum atomic E-state index is 12.3. The van der Waals surface area contributed by atoms with Crippen molar-refractivity contribution in [2.75, 3.05) is 17.7 Å². The fourth-order valence-electron chi connectivity index (χ4n) is 1.83. The molecular weight excluding hydrogens is 292 g/mol. The van der Waals surface area contributed by atoms with Crippen molar-refractivity contribution >= 4 is 33.9 Å². The smallest absolute Gasteiger partial charge is 0.341 e. The van der Waals surface area contributed by atoms with E-state index in [1.165, 1.54) is 22.2 Å². The van der Waals surface area contributed by atoms with Gasteiger partial charge in [-0.15, -0.1) is 11.3 Å². The molecule has 0 atom stereocenters. The predicted octanol–water partition coefficient (Wildman–Crippen LogP) is 1.98. The summed E-state index contributed by atoms with van der Waals surface area (Å²) in [6, 6.07) is 1.61. The van der Waals surface area contributed by atoms with Gasteiger partial charge in [0.2, 0.25) is 0 Å². The van der Waals surface area contributed by atoms with Crippen LogP contribution in [0.1, 0.15) is 34.7 Å². The van der Waals surface area contributed by atoms with Crippen LogP contribution < -0.4 is 11.1 Å². The number of carbonyl (C=O) groups is 2. The highest BCUT2D eigenvalue weighted by Crippen LogP contribution is 2.25. The number of carbonyl (C=O) groups excluding carboxylic acids is 2. The number of nitrogens with one attached hydrogen (secondary N) is 1. The van der Waals surface area contributed by atoms with Crippen molar-refractivity contribution in [1.82, 2.24) is 9.78 Å². The van der Waals surface area contributed by atoms with Gasteiger partial charge in [0.05, 0.1) is 24.1 Å². The summed E-state index contributed by atoms with van der Waals surface area (Å²) < 4.78 is 6.44. The van der Waals surface area contributed by atoms with E-state index in [0.29, 0.717) is 22.8 Å². The molecule has 2 rings (SSSR count). The Hall–Kier alpha value is -2.35. The molecule has 1 amide bonds. The number of aryl methyl sites for hydroxylation is 1. The number of ether oxygens (including phenoxy) is 1. The lowest BCUT2D eigenvalue weighted by Gasteiger charge is -2.08. The third kappa shape index (κ3) is 3.05. The standard InChI is InChI=1S/C13H16N4O3S/c1-3-17-10(9(14)7-15-17)11(18)16-12-8(5-6-21-12)13(19)20-4-2/h5-7H,3-4,14H2,1-2H3,(H,16,18). The molecule has 0 bridgehead atoms. The summed E-state index contributed by atoms with van der Waals surface area (Å²) in [6.07, 6.45) is 1.43. The van der Waals surface area contributed by atoms with E-state index in [4.69, 9.17) is 10.5 Å². The number of nitrogens with zero attached hydrogens (tertiary/aromatic N) is 2. The number of thiophene rings is 1. The van der Waals surface area contributed by atoms with Gasteiger partial charge in [-0.1, -0.05) is 0 Å². The number of hydrogen-bond donors (Lipinski definition) is 2. The second-order valence-electron chi connectivity index (χ2n) is 4.10. The lowest BCUT2D eigenvalue weighted by atomic mass is 10.3. The van der Waals surface area contributed by atoms with Crippen molar-refractivity contribution in [3.63, 3.8) is 0 Å². The molecule has 3 N–H and O–H groups in total. The Kier molecular flexibility index (Phi) is 4.59. The average molecular weight is 308 g/mol. The van der Waals surface area contributed by atoms with Gasteiger partial charge >= 0.3 is 5.97 Å². The molecule has 0 aliphatic heterocycles. The Morgan fingerprint density at radius 1 is 1.48 bits per heavy atom. The number of rotatable bonds is 5. The predicted molar refractivity (Wildman–Crippen MR) is 80.5 cm³/mol. The van der Waals surface area contributed by atoms with Crippen LogP contribution in [0.5, 0.6) is 0 Å². The van der Waals surface area contributed by atoms with Crippen molar-refractivity contribution in [3.8, 4) is 0 Å². The normalized spacial score (nSPS) is 10.4. The minimum Gasteiger partial charge on any atom is -0.462 e. The Morgan fingerprint density at radius 2 is 2.24 bits per heavy atom. The van der Waals surface area contributed by atoms with Crippen molar-refractivity contribution < 1.29 is 14.3 Å². The van der Waals surface area contributed by atoms with Gasteiger partial charge in [0.15, 0.2) is 0 Å². The van der Waals surface area contributed by atoms with Crippen molar-refractivity contribution in [1.29, 1.82) is 0 Å². The lowest BCUT2D eigenvalue weighted by Crippen LogP contribution is -2.19. The first-order chi connectivity index (χ1) is 10.1. The SMILES string of the molecule is CCOC(=O)c1ccsc1NC(=O)c1c(N)cnn1CC. The third-order valence-electron chi connectivity index (χ3n) is 2.77. The number of hydrogen-bond acceptors (Lipinski definition) is 6. The van der Waals surface area contributed by atoms with Gasteiger partial charge in [-0.05, 0) is 25.3 Å². The molecule has 112 valence electrons. The summed E-state index contributed by atoms with van der Waals surface area (Å²) in [5.74, 6) is -0.870. The minimum atomic E-state index is -0.467. The number of esters is 1. The van der Waals surface area contributed by atoms with Gasteiger partial charge in [-0.25, -0.2) is 4.79 Å². The zero-order valence-corrected chi connectivity index (χ0v) is 12.6. The van der Waals surface area contributed by atoms with Crippen LogP contribution in [0.4, 0.5) is 10.7 Å². The highest BCUT2D eigenvalue weighted by atomic mass is 32.1. The van der Waals surface area contributed by atoms with Gasteiger partial charge < -0.3 is 15.8 Å². The molecule has 0 unspecified atom stereocenters. The van der Waals surface area contributed by atoms with Crippen LogP contribution in [-0.2, 0) is 11.3 Å². The fraction of sp³-hybridized carbons (Fsp3) is 0.308. The monoisotopic (exact) mass is 308 g/mol. The van der Waals surface area contributed by atoms with E-state index in [0.717, 1.165) is 0 Å². The Bertz CT molecular complexity index is 662. The molecule has 2 aromatic rings. The molecule has 2 heterocycles. The summed E-state index contributed by atoms with van der Waals surface area (Å²) in [6.45, 7) is 4.38. The van der Waals surface area contributed by atoms with E-state index in [2.05, 4.69) is 10.4 Å². The second-order valence-corrected chi connectivity index (χ2v) is 5.02. The summed E-state index contributed by atoms with van der Waals surface area (Å²) in [5.41, 5.74) is 6.66. The van der Waals surface area contributed by atoms with Crippen molar-refractivity contribution in [3.05, 3.63) is 28.9 Å². The molecule has 0 saturated heterocycles. The van der Waals surface area contributed by atoms with Gasteiger partial charge in [0.25, 0.3) is 5.91 Å². The van der Waals surface area contributed by atoms with Crippen molar-refractivity contribution in [2.24, 2.45) is 0 Å². The van der Waals surface area contributed by atoms with Crippen LogP contribution in [0.2, 0.25) is 0 Å². The summed E-state index contributed by atoms with van der Waals surface area (Å²) in [4.78, 5) is 24.1. The van der Waals surface area contributed by atoms with Gasteiger partial charge in [0.1, 0.15) is 10.7 Å². The molecule has 21 heavy (non-hydrogen) atoms. The summed E-state index contributed by atoms with van der Waals surface area (Å²) in [5, 5.41) is 8.84. The van der Waals surface area contributed by atoms with Crippen LogP contribution in [0.3, 0.4) is 0 Å². The van der Waals surface area contributed by atoms with Crippen LogP contribution in [-0.4, -0.2) is 28.3 Å². The summed E-state index contributed by atoms with van der Waals surface area (Å²) >= 11 is 1.25. The molecular formula is C13H16N4O3S. The molecule has 0 aromatic carbocycles. The van der Waals surface area contributed by atoms with Gasteiger partial charge in [-0.2, -0.15) is 5.10 Å². The minimum absolute atomic E-state index is 0.275. The van der Waals surface area contributed by atoms with Gasteiger partial charge in [-0.3, -0.25) is 9.48 Å². The Balaban J connectivity index is 2.23. The topological polar surface area (TPSA) is 99.2 Å². The first-order valence-corrected chi connectivity index (χ1v) is 7.33. The van der Waals surface area contributed by atoms with E-state index in [1.807, 2.05) is 6.92 Å². The lowest BCUT2D eigenvalue weighted by molar-refractivity contribution is 0.0528. The molecule has 0 spiro atoms.